The van der Waals surface area contributed by atoms with Crippen LogP contribution in [0.1, 0.15) is 11.1 Å². The molecule has 0 aliphatic heterocycles. The minimum atomic E-state index is -0.542. The van der Waals surface area contributed by atoms with Gasteiger partial charge in [0.05, 0.1) is 26.7 Å². The number of carbonyl (C=O) groups excluding carboxylic acids is 1. The third-order valence-electron chi connectivity index (χ3n) is 4.28. The van der Waals surface area contributed by atoms with Crippen molar-refractivity contribution in [1.29, 1.82) is 5.26 Å². The zero-order valence-electron chi connectivity index (χ0n) is 16.4. The Kier molecular flexibility index (Phi) is 7.31. The lowest BCUT2D eigenvalue weighted by atomic mass is 10.0. The highest BCUT2D eigenvalue weighted by Gasteiger charge is 2.10. The summed E-state index contributed by atoms with van der Waals surface area (Å²) in [5.41, 5.74) is 1.55. The second kappa shape index (κ2) is 10.3. The minimum Gasteiger partial charge on any atom is -0.483 e. The van der Waals surface area contributed by atoms with Crippen LogP contribution in [-0.4, -0.2) is 17.4 Å². The van der Waals surface area contributed by atoms with Crippen molar-refractivity contribution < 1.29 is 18.8 Å². The van der Waals surface area contributed by atoms with E-state index in [0.29, 0.717) is 26.9 Å². The Morgan fingerprint density at radius 3 is 2.53 bits per heavy atom. The molecule has 0 bridgehead atoms. The molecule has 0 heterocycles. The molecular formula is C23H15BrFN3O4. The van der Waals surface area contributed by atoms with Gasteiger partial charge in [0.25, 0.3) is 11.6 Å². The first-order valence-corrected chi connectivity index (χ1v) is 10.00. The molecule has 9 heteroatoms. The third-order valence-corrected chi connectivity index (χ3v) is 4.90. The van der Waals surface area contributed by atoms with Gasteiger partial charge in [-0.25, -0.2) is 4.39 Å². The van der Waals surface area contributed by atoms with Gasteiger partial charge in [0.2, 0.25) is 0 Å². The van der Waals surface area contributed by atoms with E-state index in [1.165, 1.54) is 42.5 Å². The molecule has 1 N–H and O–H groups in total. The second-order valence-corrected chi connectivity index (χ2v) is 7.33. The second-order valence-electron chi connectivity index (χ2n) is 6.48. The summed E-state index contributed by atoms with van der Waals surface area (Å²) in [6, 6.07) is 18.6. The van der Waals surface area contributed by atoms with Crippen LogP contribution in [0.15, 0.2) is 71.2 Å². The lowest BCUT2D eigenvalue weighted by molar-refractivity contribution is -0.384. The number of hydrogen-bond acceptors (Lipinski definition) is 5. The summed E-state index contributed by atoms with van der Waals surface area (Å²) >= 11 is 3.37. The number of carbonyl (C=O) groups is 1. The number of benzene rings is 3. The van der Waals surface area contributed by atoms with E-state index in [1.807, 2.05) is 0 Å². The molecule has 160 valence electrons. The number of ether oxygens (including phenoxy) is 1. The Bertz CT molecular complexity index is 1240. The third kappa shape index (κ3) is 5.77. The topological polar surface area (TPSA) is 105 Å². The number of nitriles is 1. The van der Waals surface area contributed by atoms with Gasteiger partial charge in [-0.05, 0) is 69.5 Å². The predicted molar refractivity (Wildman–Crippen MR) is 121 cm³/mol. The maximum atomic E-state index is 13.6. The zero-order chi connectivity index (χ0) is 23.1. The van der Waals surface area contributed by atoms with Crippen molar-refractivity contribution in [3.8, 4) is 11.8 Å². The van der Waals surface area contributed by atoms with Crippen molar-refractivity contribution in [3.63, 3.8) is 0 Å². The summed E-state index contributed by atoms with van der Waals surface area (Å²) in [5.74, 6) is -0.671. The zero-order valence-corrected chi connectivity index (χ0v) is 18.0. The fraction of sp³-hybridized carbons (Fsp3) is 0.0435. The van der Waals surface area contributed by atoms with E-state index >= 15 is 0 Å². The van der Waals surface area contributed by atoms with Crippen LogP contribution in [-0.2, 0) is 4.79 Å². The number of nitrogens with zero attached hydrogens (tertiary/aromatic N) is 2. The Hall–Kier alpha value is -4.03. The van der Waals surface area contributed by atoms with Crippen molar-refractivity contribution in [2.45, 2.75) is 0 Å². The average molecular weight is 496 g/mol. The largest absolute Gasteiger partial charge is 0.483 e. The highest BCUT2D eigenvalue weighted by atomic mass is 79.9. The van der Waals surface area contributed by atoms with E-state index in [9.17, 15) is 24.6 Å². The van der Waals surface area contributed by atoms with Crippen LogP contribution in [0.2, 0.25) is 0 Å². The number of non-ortho nitro benzene ring substituents is 1. The molecule has 0 aromatic heterocycles. The standard InChI is InChI=1S/C23H15BrFN3O4/c24-19-12-15(11-17(13-26)16-6-8-18(9-7-16)28(30)31)5-10-22(19)32-14-23(29)27-21-4-2-1-3-20(21)25/h1-12H,14H2,(H,27,29)/b17-11+. The van der Waals surface area contributed by atoms with Crippen LogP contribution >= 0.6 is 15.9 Å². The van der Waals surface area contributed by atoms with Crippen LogP contribution < -0.4 is 10.1 Å². The number of anilines is 1. The first-order valence-electron chi connectivity index (χ1n) is 9.20. The Morgan fingerprint density at radius 2 is 1.91 bits per heavy atom. The van der Waals surface area contributed by atoms with Gasteiger partial charge in [0.1, 0.15) is 11.6 Å². The van der Waals surface area contributed by atoms with Crippen LogP contribution in [0.4, 0.5) is 15.8 Å². The highest BCUT2D eigenvalue weighted by molar-refractivity contribution is 9.10. The normalized spacial score (nSPS) is 10.8. The van der Waals surface area contributed by atoms with Gasteiger partial charge in [0.15, 0.2) is 6.61 Å². The smallest absolute Gasteiger partial charge is 0.269 e. The van der Waals surface area contributed by atoms with E-state index in [4.69, 9.17) is 4.74 Å². The predicted octanol–water partition coefficient (Wildman–Crippen LogP) is 5.58. The molecule has 7 nitrogen and oxygen atoms in total. The molecule has 3 rings (SSSR count). The summed E-state index contributed by atoms with van der Waals surface area (Å²) in [5, 5.41) is 22.7. The molecule has 0 unspecified atom stereocenters. The SMILES string of the molecule is N#C/C(=C\c1ccc(OCC(=O)Nc2ccccc2F)c(Br)c1)c1ccc([N+](=O)[O-])cc1. The number of nitro groups is 1. The number of rotatable bonds is 7. The van der Waals surface area contributed by atoms with Crippen LogP contribution in [0.5, 0.6) is 5.75 Å². The Labute approximate surface area is 191 Å². The first-order chi connectivity index (χ1) is 15.4. The van der Waals surface area contributed by atoms with Crippen molar-refractivity contribution in [2.24, 2.45) is 0 Å². The molecule has 3 aromatic carbocycles. The summed E-state index contributed by atoms with van der Waals surface area (Å²) in [6.45, 7) is -0.325. The number of allylic oxidation sites excluding steroid dienone is 1. The molecule has 3 aromatic rings. The van der Waals surface area contributed by atoms with Crippen LogP contribution in [0.3, 0.4) is 0 Å². The quantitative estimate of drug-likeness (QED) is 0.199. The molecular weight excluding hydrogens is 481 g/mol. The number of para-hydroxylation sites is 1. The average Bonchev–Trinajstić information content (AvgIpc) is 2.78. The van der Waals surface area contributed by atoms with Crippen LogP contribution in [0.25, 0.3) is 11.6 Å². The summed E-state index contributed by atoms with van der Waals surface area (Å²) in [4.78, 5) is 22.3. The van der Waals surface area contributed by atoms with Gasteiger partial charge >= 0.3 is 0 Å². The number of hydrogen-bond donors (Lipinski definition) is 1. The molecule has 0 radical (unpaired) electrons. The fourth-order valence-corrected chi connectivity index (χ4v) is 3.24. The van der Waals surface area contributed by atoms with Gasteiger partial charge in [-0.2, -0.15) is 5.26 Å². The van der Waals surface area contributed by atoms with Gasteiger partial charge < -0.3 is 10.1 Å². The van der Waals surface area contributed by atoms with Gasteiger partial charge in [0, 0.05) is 12.1 Å². The van der Waals surface area contributed by atoms with Crippen LogP contribution in [0, 0.1) is 27.3 Å². The summed E-state index contributed by atoms with van der Waals surface area (Å²) in [6.07, 6.45) is 1.63. The number of halogens is 2. The van der Waals surface area contributed by atoms with E-state index in [1.54, 1.807) is 30.3 Å². The summed E-state index contributed by atoms with van der Waals surface area (Å²) < 4.78 is 19.6. The van der Waals surface area contributed by atoms with Crippen molar-refractivity contribution in [3.05, 3.63) is 98.3 Å². The lowest BCUT2D eigenvalue weighted by Crippen LogP contribution is -2.20. The molecule has 0 saturated carbocycles. The number of amides is 1. The monoisotopic (exact) mass is 495 g/mol. The molecule has 32 heavy (non-hydrogen) atoms. The molecule has 0 aliphatic rings. The molecule has 1 amide bonds. The Balaban J connectivity index is 1.68. The van der Waals surface area contributed by atoms with Crippen molar-refractivity contribution >= 4 is 44.9 Å². The molecule has 0 atom stereocenters. The van der Waals surface area contributed by atoms with Crippen molar-refractivity contribution in [2.75, 3.05) is 11.9 Å². The van der Waals surface area contributed by atoms with Gasteiger partial charge in [-0.3, -0.25) is 14.9 Å². The molecule has 0 saturated heterocycles. The maximum absolute atomic E-state index is 13.6. The lowest BCUT2D eigenvalue weighted by Gasteiger charge is -2.10. The van der Waals surface area contributed by atoms with E-state index < -0.39 is 16.6 Å². The van der Waals surface area contributed by atoms with Gasteiger partial charge in [-0.15, -0.1) is 0 Å². The maximum Gasteiger partial charge on any atom is 0.269 e. The minimum absolute atomic E-state index is 0.0608. The molecule has 0 spiro atoms. The summed E-state index contributed by atoms with van der Waals surface area (Å²) in [7, 11) is 0. The van der Waals surface area contributed by atoms with E-state index in [2.05, 4.69) is 27.3 Å². The first kappa shape index (κ1) is 22.7. The number of nitro benzene ring substituents is 1. The van der Waals surface area contributed by atoms with E-state index in [-0.39, 0.29) is 18.0 Å². The fourth-order valence-electron chi connectivity index (χ4n) is 2.73. The van der Waals surface area contributed by atoms with Crippen molar-refractivity contribution in [1.82, 2.24) is 0 Å². The highest BCUT2D eigenvalue weighted by Crippen LogP contribution is 2.28. The Morgan fingerprint density at radius 1 is 1.19 bits per heavy atom. The van der Waals surface area contributed by atoms with Gasteiger partial charge in [-0.1, -0.05) is 18.2 Å². The number of nitrogens with one attached hydrogen (secondary N) is 1. The van der Waals surface area contributed by atoms with E-state index in [0.717, 1.165) is 0 Å². The molecule has 0 aliphatic carbocycles. The molecule has 0 fully saturated rings.